The smallest absolute Gasteiger partial charge is 0.318 e. The molecule has 2 aromatic heterocycles. The van der Waals surface area contributed by atoms with Crippen molar-refractivity contribution in [3.63, 3.8) is 0 Å². The summed E-state index contributed by atoms with van der Waals surface area (Å²) in [4.78, 5) is 20.5. The van der Waals surface area contributed by atoms with Crippen LogP contribution in [0.3, 0.4) is 0 Å². The number of esters is 1. The minimum Gasteiger partial charge on any atom is -0.465 e. The van der Waals surface area contributed by atoms with Crippen LogP contribution in [-0.2, 0) is 9.53 Å². The molecule has 0 aliphatic rings. The number of pyridine rings is 1. The largest absolute Gasteiger partial charge is 0.465 e. The van der Waals surface area contributed by atoms with E-state index in [1.54, 1.807) is 19.2 Å². The van der Waals surface area contributed by atoms with Gasteiger partial charge in [-0.3, -0.25) is 9.78 Å². The molecule has 0 radical (unpaired) electrons. The number of carbonyl (C=O) groups is 1. The maximum absolute atomic E-state index is 12.0. The Morgan fingerprint density at radius 3 is 2.86 bits per heavy atom. The lowest BCUT2D eigenvalue weighted by atomic mass is 9.96. The number of nitrogens with zero attached hydrogens (tertiary/aromatic N) is 3. The van der Waals surface area contributed by atoms with Crippen LogP contribution in [0.1, 0.15) is 32.6 Å². The Hall–Kier alpha value is -1.76. The predicted octanol–water partition coefficient (Wildman–Crippen LogP) is 3.20. The van der Waals surface area contributed by atoms with Gasteiger partial charge in [0.1, 0.15) is 11.6 Å². The Morgan fingerprint density at radius 2 is 2.24 bits per heavy atom. The van der Waals surface area contributed by atoms with Gasteiger partial charge in [-0.05, 0) is 40.9 Å². The first-order valence-electron chi connectivity index (χ1n) is 6.65. The normalized spacial score (nSPS) is 12.4. The minimum atomic E-state index is -0.575. The molecular formula is C14H16BrN3O3. The monoisotopic (exact) mass is 353 g/mol. The van der Waals surface area contributed by atoms with Crippen molar-refractivity contribution in [2.45, 2.75) is 26.7 Å². The zero-order valence-corrected chi connectivity index (χ0v) is 13.6. The first kappa shape index (κ1) is 15.6. The van der Waals surface area contributed by atoms with Crippen molar-refractivity contribution < 1.29 is 14.1 Å². The Morgan fingerprint density at radius 1 is 1.48 bits per heavy atom. The molecule has 0 saturated carbocycles. The summed E-state index contributed by atoms with van der Waals surface area (Å²) >= 11 is 3.39. The van der Waals surface area contributed by atoms with Gasteiger partial charge in [0.2, 0.25) is 11.7 Å². The molecule has 1 atom stereocenters. The Balaban J connectivity index is 2.33. The summed E-state index contributed by atoms with van der Waals surface area (Å²) in [7, 11) is 0. The first-order chi connectivity index (χ1) is 10.0. The molecule has 21 heavy (non-hydrogen) atoms. The standard InChI is InChI=1S/C14H16BrN3O3/c1-4-20-14(19)10(8(2)3)13-17-12(18-21-13)11-9(15)6-5-7-16-11/h5-8,10H,4H2,1-3H3. The lowest BCUT2D eigenvalue weighted by molar-refractivity contribution is -0.146. The zero-order chi connectivity index (χ0) is 15.4. The van der Waals surface area contributed by atoms with Crippen molar-refractivity contribution in [1.29, 1.82) is 0 Å². The summed E-state index contributed by atoms with van der Waals surface area (Å²) in [6.45, 7) is 5.89. The van der Waals surface area contributed by atoms with Crippen LogP contribution in [0.25, 0.3) is 11.5 Å². The highest BCUT2D eigenvalue weighted by Gasteiger charge is 2.31. The molecular weight excluding hydrogens is 338 g/mol. The maximum Gasteiger partial charge on any atom is 0.318 e. The topological polar surface area (TPSA) is 78.1 Å². The molecule has 0 spiro atoms. The number of hydrogen-bond acceptors (Lipinski definition) is 6. The summed E-state index contributed by atoms with van der Waals surface area (Å²) in [5, 5.41) is 3.91. The first-order valence-corrected chi connectivity index (χ1v) is 7.45. The van der Waals surface area contributed by atoms with Gasteiger partial charge in [0.15, 0.2) is 0 Å². The van der Waals surface area contributed by atoms with E-state index in [0.29, 0.717) is 18.1 Å². The molecule has 2 rings (SSSR count). The van der Waals surface area contributed by atoms with Crippen molar-refractivity contribution in [3.05, 3.63) is 28.7 Å². The van der Waals surface area contributed by atoms with E-state index in [4.69, 9.17) is 9.26 Å². The molecule has 0 aliphatic heterocycles. The third-order valence-corrected chi connectivity index (χ3v) is 3.53. The summed E-state index contributed by atoms with van der Waals surface area (Å²) in [5.74, 6) is -0.357. The van der Waals surface area contributed by atoms with Gasteiger partial charge in [-0.15, -0.1) is 0 Å². The summed E-state index contributed by atoms with van der Waals surface area (Å²) < 4.78 is 11.1. The zero-order valence-electron chi connectivity index (χ0n) is 12.0. The predicted molar refractivity (Wildman–Crippen MR) is 79.4 cm³/mol. The van der Waals surface area contributed by atoms with Crippen molar-refractivity contribution in [2.24, 2.45) is 5.92 Å². The van der Waals surface area contributed by atoms with Crippen LogP contribution in [-0.4, -0.2) is 27.7 Å². The lowest BCUT2D eigenvalue weighted by Crippen LogP contribution is -2.21. The number of ether oxygens (including phenoxy) is 1. The van der Waals surface area contributed by atoms with Gasteiger partial charge in [0.05, 0.1) is 6.61 Å². The van der Waals surface area contributed by atoms with Crippen molar-refractivity contribution in [2.75, 3.05) is 6.61 Å². The second-order valence-corrected chi connectivity index (χ2v) is 5.62. The van der Waals surface area contributed by atoms with Crippen LogP contribution in [0.4, 0.5) is 0 Å². The fraction of sp³-hybridized carbons (Fsp3) is 0.429. The molecule has 2 aromatic rings. The number of halogens is 1. The van der Waals surface area contributed by atoms with Crippen LogP contribution in [0.2, 0.25) is 0 Å². The highest BCUT2D eigenvalue weighted by molar-refractivity contribution is 9.10. The number of hydrogen-bond donors (Lipinski definition) is 0. The molecule has 0 saturated heterocycles. The molecule has 6 nitrogen and oxygen atoms in total. The second kappa shape index (κ2) is 6.80. The molecule has 0 amide bonds. The molecule has 0 aliphatic carbocycles. The van der Waals surface area contributed by atoms with Crippen LogP contribution in [0, 0.1) is 5.92 Å². The average Bonchev–Trinajstić information content (AvgIpc) is 2.88. The van der Waals surface area contributed by atoms with Crippen LogP contribution in [0.15, 0.2) is 27.3 Å². The maximum atomic E-state index is 12.0. The van der Waals surface area contributed by atoms with Crippen molar-refractivity contribution >= 4 is 21.9 Å². The van der Waals surface area contributed by atoms with Gasteiger partial charge < -0.3 is 9.26 Å². The molecule has 1 unspecified atom stereocenters. The molecule has 0 bridgehead atoms. The van der Waals surface area contributed by atoms with Gasteiger partial charge in [-0.25, -0.2) is 0 Å². The third kappa shape index (κ3) is 3.47. The number of carbonyl (C=O) groups excluding carboxylic acids is 1. The fourth-order valence-electron chi connectivity index (χ4n) is 1.90. The van der Waals surface area contributed by atoms with Gasteiger partial charge >= 0.3 is 5.97 Å². The highest BCUT2D eigenvalue weighted by Crippen LogP contribution is 2.28. The molecule has 112 valence electrons. The van der Waals surface area contributed by atoms with E-state index in [0.717, 1.165) is 4.47 Å². The molecule has 2 heterocycles. The van der Waals surface area contributed by atoms with Crippen LogP contribution < -0.4 is 0 Å². The minimum absolute atomic E-state index is 0.00970. The number of aromatic nitrogens is 3. The van der Waals surface area contributed by atoms with E-state index in [-0.39, 0.29) is 17.8 Å². The Bertz CT molecular complexity index is 627. The molecule has 0 fully saturated rings. The molecule has 0 aromatic carbocycles. The molecule has 0 N–H and O–H groups in total. The average molecular weight is 354 g/mol. The Labute approximate surface area is 131 Å². The van der Waals surface area contributed by atoms with Crippen LogP contribution in [0.5, 0.6) is 0 Å². The van der Waals surface area contributed by atoms with E-state index < -0.39 is 5.92 Å². The third-order valence-electron chi connectivity index (χ3n) is 2.89. The SMILES string of the molecule is CCOC(=O)C(c1nc(-c2ncccc2Br)no1)C(C)C. The fourth-order valence-corrected chi connectivity index (χ4v) is 2.33. The highest BCUT2D eigenvalue weighted by atomic mass is 79.9. The lowest BCUT2D eigenvalue weighted by Gasteiger charge is -2.14. The van der Waals surface area contributed by atoms with Crippen molar-refractivity contribution in [1.82, 2.24) is 15.1 Å². The van der Waals surface area contributed by atoms with Gasteiger partial charge in [0, 0.05) is 10.7 Å². The second-order valence-electron chi connectivity index (χ2n) is 4.76. The molecule has 7 heteroatoms. The van der Waals surface area contributed by atoms with E-state index in [9.17, 15) is 4.79 Å². The summed E-state index contributed by atoms with van der Waals surface area (Å²) in [6, 6.07) is 3.63. The Kier molecular flexibility index (Phi) is 5.06. The van der Waals surface area contributed by atoms with E-state index in [2.05, 4.69) is 31.1 Å². The van der Waals surface area contributed by atoms with Gasteiger partial charge in [0.25, 0.3) is 0 Å². The summed E-state index contributed by atoms with van der Waals surface area (Å²) in [5.41, 5.74) is 0.568. The van der Waals surface area contributed by atoms with E-state index in [1.165, 1.54) is 0 Å². The van der Waals surface area contributed by atoms with Gasteiger partial charge in [-0.1, -0.05) is 19.0 Å². The summed E-state index contributed by atoms with van der Waals surface area (Å²) in [6.07, 6.45) is 1.64. The van der Waals surface area contributed by atoms with Gasteiger partial charge in [-0.2, -0.15) is 4.98 Å². The quantitative estimate of drug-likeness (QED) is 0.768. The van der Waals surface area contributed by atoms with E-state index in [1.807, 2.05) is 19.9 Å². The van der Waals surface area contributed by atoms with Crippen LogP contribution >= 0.6 is 15.9 Å². The van der Waals surface area contributed by atoms with E-state index >= 15 is 0 Å². The van der Waals surface area contributed by atoms with Crippen molar-refractivity contribution in [3.8, 4) is 11.5 Å². The number of rotatable bonds is 5.